The molecule has 0 aromatic carbocycles. The quantitative estimate of drug-likeness (QED) is 0.810. The molecule has 0 saturated carbocycles. The van der Waals surface area contributed by atoms with E-state index in [0.717, 1.165) is 0 Å². The van der Waals surface area contributed by atoms with Crippen LogP contribution >= 0.6 is 0 Å². The van der Waals surface area contributed by atoms with Gasteiger partial charge in [-0.15, -0.1) is 0 Å². The number of nitrogens with one attached hydrogen (secondary N) is 1. The molecular formula is C13H24N2O2. The van der Waals surface area contributed by atoms with Gasteiger partial charge in [0, 0.05) is 6.04 Å². The number of rotatable bonds is 4. The maximum atomic E-state index is 12.3. The van der Waals surface area contributed by atoms with Crippen molar-refractivity contribution in [3.05, 3.63) is 0 Å². The standard InChI is InChI=1S/C13H24N2O2/c1-6-10-13(17)15(9(5)8(3)4)11(7-2)12(16)14-10/h8-11H,6-7H2,1-5H3,(H,14,16). The van der Waals surface area contributed by atoms with Crippen molar-refractivity contribution in [2.75, 3.05) is 0 Å². The number of piperazine rings is 1. The normalized spacial score (nSPS) is 27.3. The third-order valence-electron chi connectivity index (χ3n) is 3.71. The maximum Gasteiger partial charge on any atom is 0.246 e. The Bertz CT molecular complexity index is 302. The summed E-state index contributed by atoms with van der Waals surface area (Å²) in [7, 11) is 0. The summed E-state index contributed by atoms with van der Waals surface area (Å²) in [6.07, 6.45) is 1.33. The lowest BCUT2D eigenvalue weighted by Crippen LogP contribution is -2.65. The zero-order valence-corrected chi connectivity index (χ0v) is 11.5. The van der Waals surface area contributed by atoms with Gasteiger partial charge >= 0.3 is 0 Å². The second-order valence-corrected chi connectivity index (χ2v) is 5.12. The molecule has 1 aliphatic heterocycles. The molecule has 0 aromatic rings. The van der Waals surface area contributed by atoms with Crippen LogP contribution in [0.1, 0.15) is 47.5 Å². The molecule has 0 aromatic heterocycles. The van der Waals surface area contributed by atoms with Crippen LogP contribution in [0.4, 0.5) is 0 Å². The predicted molar refractivity (Wildman–Crippen MR) is 67.4 cm³/mol. The summed E-state index contributed by atoms with van der Waals surface area (Å²) >= 11 is 0. The molecule has 0 spiro atoms. The van der Waals surface area contributed by atoms with Gasteiger partial charge < -0.3 is 10.2 Å². The van der Waals surface area contributed by atoms with E-state index < -0.39 is 0 Å². The van der Waals surface area contributed by atoms with Crippen LogP contribution in [0.5, 0.6) is 0 Å². The van der Waals surface area contributed by atoms with Crippen molar-refractivity contribution < 1.29 is 9.59 Å². The highest BCUT2D eigenvalue weighted by Gasteiger charge is 2.41. The fourth-order valence-corrected chi connectivity index (χ4v) is 2.25. The molecule has 1 saturated heterocycles. The second-order valence-electron chi connectivity index (χ2n) is 5.12. The summed E-state index contributed by atoms with van der Waals surface area (Å²) in [6.45, 7) is 10.1. The summed E-state index contributed by atoms with van der Waals surface area (Å²) in [5.41, 5.74) is 0. The van der Waals surface area contributed by atoms with Crippen molar-refractivity contribution in [1.82, 2.24) is 10.2 Å². The van der Waals surface area contributed by atoms with Crippen LogP contribution < -0.4 is 5.32 Å². The molecule has 17 heavy (non-hydrogen) atoms. The van der Waals surface area contributed by atoms with E-state index in [2.05, 4.69) is 19.2 Å². The van der Waals surface area contributed by atoms with Crippen molar-refractivity contribution >= 4 is 11.8 Å². The highest BCUT2D eigenvalue weighted by molar-refractivity contribution is 5.97. The average Bonchev–Trinajstić information content (AvgIpc) is 2.29. The first kappa shape index (κ1) is 14.0. The summed E-state index contributed by atoms with van der Waals surface area (Å²) < 4.78 is 0. The Kier molecular flexibility index (Phi) is 4.54. The van der Waals surface area contributed by atoms with Crippen LogP contribution in [0.15, 0.2) is 0 Å². The smallest absolute Gasteiger partial charge is 0.246 e. The van der Waals surface area contributed by atoms with E-state index in [1.54, 1.807) is 4.90 Å². The number of carbonyl (C=O) groups is 2. The van der Waals surface area contributed by atoms with Crippen molar-refractivity contribution in [3.63, 3.8) is 0 Å². The Morgan fingerprint density at radius 3 is 2.18 bits per heavy atom. The van der Waals surface area contributed by atoms with Gasteiger partial charge in [0.1, 0.15) is 12.1 Å². The Labute approximate surface area is 104 Å². The molecule has 98 valence electrons. The third kappa shape index (κ3) is 2.61. The lowest BCUT2D eigenvalue weighted by Gasteiger charge is -2.43. The molecule has 1 aliphatic rings. The van der Waals surface area contributed by atoms with Gasteiger partial charge in [0.15, 0.2) is 0 Å². The molecule has 1 N–H and O–H groups in total. The minimum absolute atomic E-state index is 0.00792. The van der Waals surface area contributed by atoms with Crippen molar-refractivity contribution in [1.29, 1.82) is 0 Å². The monoisotopic (exact) mass is 240 g/mol. The topological polar surface area (TPSA) is 49.4 Å². The Hall–Kier alpha value is -1.06. The molecule has 1 rings (SSSR count). The van der Waals surface area contributed by atoms with Crippen LogP contribution in [-0.4, -0.2) is 34.8 Å². The van der Waals surface area contributed by atoms with Gasteiger partial charge in [-0.3, -0.25) is 9.59 Å². The zero-order valence-electron chi connectivity index (χ0n) is 11.5. The molecular weight excluding hydrogens is 216 g/mol. The lowest BCUT2D eigenvalue weighted by molar-refractivity contribution is -0.153. The first-order chi connectivity index (χ1) is 7.93. The van der Waals surface area contributed by atoms with Gasteiger partial charge in [0.25, 0.3) is 0 Å². The van der Waals surface area contributed by atoms with E-state index in [0.29, 0.717) is 18.8 Å². The molecule has 0 aliphatic carbocycles. The van der Waals surface area contributed by atoms with Crippen molar-refractivity contribution in [3.8, 4) is 0 Å². The molecule has 4 heteroatoms. The summed E-state index contributed by atoms with van der Waals surface area (Å²) in [5.74, 6) is 0.419. The van der Waals surface area contributed by atoms with Gasteiger partial charge in [0.2, 0.25) is 11.8 Å². The van der Waals surface area contributed by atoms with E-state index in [-0.39, 0.29) is 29.9 Å². The predicted octanol–water partition coefficient (Wildman–Crippen LogP) is 1.55. The van der Waals surface area contributed by atoms with Gasteiger partial charge in [-0.1, -0.05) is 27.7 Å². The number of hydrogen-bond acceptors (Lipinski definition) is 2. The molecule has 1 fully saturated rings. The van der Waals surface area contributed by atoms with Crippen molar-refractivity contribution in [2.24, 2.45) is 5.92 Å². The fourth-order valence-electron chi connectivity index (χ4n) is 2.25. The number of carbonyl (C=O) groups excluding carboxylic acids is 2. The highest BCUT2D eigenvalue weighted by Crippen LogP contribution is 2.21. The molecule has 2 amide bonds. The molecule has 1 heterocycles. The fraction of sp³-hybridized carbons (Fsp3) is 0.846. The van der Waals surface area contributed by atoms with E-state index >= 15 is 0 Å². The number of nitrogens with zero attached hydrogens (tertiary/aromatic N) is 1. The first-order valence-corrected chi connectivity index (χ1v) is 6.56. The summed E-state index contributed by atoms with van der Waals surface area (Å²) in [4.78, 5) is 26.1. The second kappa shape index (κ2) is 5.52. The van der Waals surface area contributed by atoms with Crippen molar-refractivity contribution in [2.45, 2.75) is 65.6 Å². The Morgan fingerprint density at radius 1 is 1.18 bits per heavy atom. The summed E-state index contributed by atoms with van der Waals surface area (Å²) in [5, 5.41) is 2.81. The van der Waals surface area contributed by atoms with Gasteiger partial charge in [0.05, 0.1) is 0 Å². The molecule has 0 radical (unpaired) electrons. The largest absolute Gasteiger partial charge is 0.343 e. The van der Waals surface area contributed by atoms with Gasteiger partial charge in [-0.2, -0.15) is 0 Å². The number of amides is 2. The molecule has 4 nitrogen and oxygen atoms in total. The average molecular weight is 240 g/mol. The lowest BCUT2D eigenvalue weighted by atomic mass is 9.96. The van der Waals surface area contributed by atoms with Crippen LogP contribution in [-0.2, 0) is 9.59 Å². The highest BCUT2D eigenvalue weighted by atomic mass is 16.2. The number of hydrogen-bond donors (Lipinski definition) is 1. The summed E-state index contributed by atoms with van der Waals surface area (Å²) in [6, 6.07) is -0.540. The van der Waals surface area contributed by atoms with Crippen LogP contribution in [0.3, 0.4) is 0 Å². The molecule has 3 unspecified atom stereocenters. The Balaban J connectivity index is 3.00. The van der Waals surface area contributed by atoms with Crippen LogP contribution in [0.25, 0.3) is 0 Å². The van der Waals surface area contributed by atoms with Crippen LogP contribution in [0, 0.1) is 5.92 Å². The Morgan fingerprint density at radius 2 is 1.76 bits per heavy atom. The van der Waals surface area contributed by atoms with Gasteiger partial charge in [-0.05, 0) is 25.7 Å². The van der Waals surface area contributed by atoms with E-state index in [9.17, 15) is 9.59 Å². The minimum atomic E-state index is -0.341. The van der Waals surface area contributed by atoms with E-state index in [4.69, 9.17) is 0 Å². The van der Waals surface area contributed by atoms with E-state index in [1.807, 2.05) is 20.8 Å². The molecule has 0 bridgehead atoms. The first-order valence-electron chi connectivity index (χ1n) is 6.56. The minimum Gasteiger partial charge on any atom is -0.343 e. The SMILES string of the molecule is CCC1NC(=O)C(CC)N(C(C)C(C)C)C1=O. The molecule has 3 atom stereocenters. The van der Waals surface area contributed by atoms with Crippen LogP contribution in [0.2, 0.25) is 0 Å². The van der Waals surface area contributed by atoms with Gasteiger partial charge in [-0.25, -0.2) is 0 Å². The maximum absolute atomic E-state index is 12.3. The third-order valence-corrected chi connectivity index (χ3v) is 3.71. The zero-order chi connectivity index (χ0) is 13.2. The van der Waals surface area contributed by atoms with E-state index in [1.165, 1.54) is 0 Å².